The fourth-order valence-corrected chi connectivity index (χ4v) is 1.36. The summed E-state index contributed by atoms with van der Waals surface area (Å²) in [4.78, 5) is 11.0. The van der Waals surface area contributed by atoms with E-state index in [-0.39, 0.29) is 0 Å². The number of amides is 1. The van der Waals surface area contributed by atoms with E-state index in [1.165, 1.54) is 6.21 Å². The smallest absolute Gasteiger partial charge is 0.427 e. The molecule has 0 saturated carbocycles. The minimum absolute atomic E-state index is 0.304. The number of nitrogens with one attached hydrogen (secondary N) is 1. The number of methoxy groups -OCH3 is 1. The van der Waals surface area contributed by atoms with Crippen LogP contribution < -0.4 is 14.9 Å². The Hall–Kier alpha value is -2.24. The van der Waals surface area contributed by atoms with Gasteiger partial charge in [0.2, 0.25) is 0 Å². The molecule has 0 aromatic heterocycles. The molecule has 104 valence electrons. The highest BCUT2D eigenvalue weighted by Gasteiger charge is 2.04. The number of ether oxygens (including phenoxy) is 3. The lowest BCUT2D eigenvalue weighted by molar-refractivity contribution is 0.152. The van der Waals surface area contributed by atoms with Crippen molar-refractivity contribution in [1.29, 1.82) is 0 Å². The maximum Gasteiger partial charge on any atom is 0.427 e. The molecule has 0 radical (unpaired) electrons. The summed E-state index contributed by atoms with van der Waals surface area (Å²) < 4.78 is 15.3. The van der Waals surface area contributed by atoms with Gasteiger partial charge < -0.3 is 14.2 Å². The number of carbonyl (C=O) groups is 1. The third-order valence-electron chi connectivity index (χ3n) is 2.13. The molecule has 1 aromatic rings. The predicted octanol–water partition coefficient (Wildman–Crippen LogP) is 2.17. The van der Waals surface area contributed by atoms with Crippen LogP contribution in [0.4, 0.5) is 4.79 Å². The number of benzene rings is 1. The van der Waals surface area contributed by atoms with Gasteiger partial charge in [-0.15, -0.1) is 0 Å². The largest absolute Gasteiger partial charge is 0.493 e. The summed E-state index contributed by atoms with van der Waals surface area (Å²) in [6.07, 6.45) is 0.909. The molecule has 19 heavy (non-hydrogen) atoms. The molecule has 6 nitrogen and oxygen atoms in total. The Morgan fingerprint density at radius 2 is 2.11 bits per heavy atom. The monoisotopic (exact) mass is 266 g/mol. The van der Waals surface area contributed by atoms with Crippen LogP contribution in [-0.4, -0.2) is 32.6 Å². The molecule has 0 bridgehead atoms. The van der Waals surface area contributed by atoms with Crippen LogP contribution in [-0.2, 0) is 4.74 Å². The van der Waals surface area contributed by atoms with Crippen molar-refractivity contribution in [2.24, 2.45) is 5.10 Å². The molecule has 1 amide bonds. The topological polar surface area (TPSA) is 69.2 Å². The number of hydrogen-bond donors (Lipinski definition) is 1. The average Bonchev–Trinajstić information content (AvgIpc) is 2.41. The lowest BCUT2D eigenvalue weighted by Gasteiger charge is -2.09. The summed E-state index contributed by atoms with van der Waals surface area (Å²) >= 11 is 0. The highest BCUT2D eigenvalue weighted by Crippen LogP contribution is 2.27. The molecule has 1 N–H and O–H groups in total. The molecule has 0 heterocycles. The Morgan fingerprint density at radius 1 is 1.32 bits per heavy atom. The summed E-state index contributed by atoms with van der Waals surface area (Å²) in [6.45, 7) is 4.49. The number of rotatable bonds is 6. The molecular formula is C13H18N2O4. The molecule has 0 spiro atoms. The zero-order chi connectivity index (χ0) is 14.1. The highest BCUT2D eigenvalue weighted by atomic mass is 16.5. The van der Waals surface area contributed by atoms with Crippen LogP contribution in [0, 0.1) is 0 Å². The molecule has 0 unspecified atom stereocenters. The van der Waals surface area contributed by atoms with Crippen molar-refractivity contribution in [1.82, 2.24) is 5.43 Å². The Bertz CT molecular complexity index is 446. The number of hydrazone groups is 1. The highest BCUT2D eigenvalue weighted by molar-refractivity contribution is 5.82. The van der Waals surface area contributed by atoms with Crippen LogP contribution in [0.1, 0.15) is 19.4 Å². The third kappa shape index (κ3) is 4.87. The molecule has 0 aliphatic carbocycles. The molecule has 0 fully saturated rings. The Labute approximate surface area is 112 Å². The lowest BCUT2D eigenvalue weighted by atomic mass is 10.2. The van der Waals surface area contributed by atoms with E-state index in [2.05, 4.69) is 15.3 Å². The van der Waals surface area contributed by atoms with Gasteiger partial charge in [-0.05, 0) is 37.6 Å². The van der Waals surface area contributed by atoms with E-state index in [0.29, 0.717) is 24.7 Å². The van der Waals surface area contributed by atoms with Crippen LogP contribution in [0.3, 0.4) is 0 Å². The van der Waals surface area contributed by atoms with Crippen molar-refractivity contribution in [3.8, 4) is 11.5 Å². The molecule has 1 rings (SSSR count). The zero-order valence-electron chi connectivity index (χ0n) is 11.3. The minimum atomic E-state index is -0.586. The second-order valence-electron chi connectivity index (χ2n) is 3.43. The summed E-state index contributed by atoms with van der Waals surface area (Å²) in [5.74, 6) is 1.28. The third-order valence-corrected chi connectivity index (χ3v) is 2.13. The maximum absolute atomic E-state index is 11.0. The van der Waals surface area contributed by atoms with Crippen molar-refractivity contribution in [2.75, 3.05) is 20.3 Å². The lowest BCUT2D eigenvalue weighted by Crippen LogP contribution is -2.18. The number of hydrogen-bond acceptors (Lipinski definition) is 5. The van der Waals surface area contributed by atoms with E-state index in [4.69, 9.17) is 9.47 Å². The van der Waals surface area contributed by atoms with E-state index in [9.17, 15) is 4.79 Å². The van der Waals surface area contributed by atoms with Gasteiger partial charge in [0.15, 0.2) is 11.5 Å². The fourth-order valence-electron chi connectivity index (χ4n) is 1.36. The van der Waals surface area contributed by atoms with Gasteiger partial charge in [-0.3, -0.25) is 0 Å². The summed E-state index contributed by atoms with van der Waals surface area (Å²) in [5.41, 5.74) is 3.02. The number of carbonyl (C=O) groups excluding carboxylic acids is 1. The van der Waals surface area contributed by atoms with Gasteiger partial charge >= 0.3 is 6.09 Å². The molecule has 0 saturated heterocycles. The van der Waals surface area contributed by atoms with E-state index in [0.717, 1.165) is 5.56 Å². The van der Waals surface area contributed by atoms with Gasteiger partial charge in [-0.2, -0.15) is 5.10 Å². The van der Waals surface area contributed by atoms with Crippen molar-refractivity contribution >= 4 is 12.3 Å². The summed E-state index contributed by atoms with van der Waals surface area (Å²) in [6, 6.07) is 5.36. The molecule has 6 heteroatoms. The second kappa shape index (κ2) is 7.97. The van der Waals surface area contributed by atoms with Gasteiger partial charge in [0.05, 0.1) is 26.5 Å². The molecule has 0 aliphatic rings. The van der Waals surface area contributed by atoms with E-state index >= 15 is 0 Å². The average molecular weight is 266 g/mol. The second-order valence-corrected chi connectivity index (χ2v) is 3.43. The normalized spacial score (nSPS) is 10.3. The first-order valence-corrected chi connectivity index (χ1v) is 5.97. The fraction of sp³-hybridized carbons (Fsp3) is 0.385. The van der Waals surface area contributed by atoms with Gasteiger partial charge in [-0.1, -0.05) is 0 Å². The first kappa shape index (κ1) is 14.8. The Morgan fingerprint density at radius 3 is 2.74 bits per heavy atom. The van der Waals surface area contributed by atoms with Crippen LogP contribution in [0.25, 0.3) is 0 Å². The minimum Gasteiger partial charge on any atom is -0.493 e. The first-order chi connectivity index (χ1) is 9.21. The van der Waals surface area contributed by atoms with Crippen LogP contribution >= 0.6 is 0 Å². The zero-order valence-corrected chi connectivity index (χ0v) is 11.3. The van der Waals surface area contributed by atoms with Gasteiger partial charge in [0.1, 0.15) is 0 Å². The van der Waals surface area contributed by atoms with E-state index in [1.54, 1.807) is 26.2 Å². The van der Waals surface area contributed by atoms with Gasteiger partial charge in [0.25, 0.3) is 0 Å². The SMILES string of the molecule is CCOC(=O)N/N=C/c1ccc(OCC)c(OC)c1. The quantitative estimate of drug-likeness (QED) is 0.633. The molecular weight excluding hydrogens is 248 g/mol. The molecule has 1 aromatic carbocycles. The molecule has 0 atom stereocenters. The van der Waals surface area contributed by atoms with Gasteiger partial charge in [0, 0.05) is 0 Å². The van der Waals surface area contributed by atoms with Crippen molar-refractivity contribution in [2.45, 2.75) is 13.8 Å². The van der Waals surface area contributed by atoms with Crippen LogP contribution in [0.2, 0.25) is 0 Å². The van der Waals surface area contributed by atoms with E-state index in [1.807, 2.05) is 13.0 Å². The van der Waals surface area contributed by atoms with Crippen molar-refractivity contribution in [3.63, 3.8) is 0 Å². The Balaban J connectivity index is 2.68. The number of nitrogens with zero attached hydrogens (tertiary/aromatic N) is 1. The van der Waals surface area contributed by atoms with Crippen molar-refractivity contribution in [3.05, 3.63) is 23.8 Å². The summed E-state index contributed by atoms with van der Waals surface area (Å²) in [7, 11) is 1.57. The predicted molar refractivity (Wildman–Crippen MR) is 71.9 cm³/mol. The van der Waals surface area contributed by atoms with Crippen LogP contribution in [0.15, 0.2) is 23.3 Å². The first-order valence-electron chi connectivity index (χ1n) is 5.97. The maximum atomic E-state index is 11.0. The summed E-state index contributed by atoms with van der Waals surface area (Å²) in [5, 5.41) is 3.77. The molecule has 0 aliphatic heterocycles. The van der Waals surface area contributed by atoms with E-state index < -0.39 is 6.09 Å². The van der Waals surface area contributed by atoms with Crippen molar-refractivity contribution < 1.29 is 19.0 Å². The van der Waals surface area contributed by atoms with Gasteiger partial charge in [-0.25, -0.2) is 10.2 Å². The standard InChI is InChI=1S/C13H18N2O4/c1-4-18-11-7-6-10(8-12(11)17-3)9-14-15-13(16)19-5-2/h6-9H,4-5H2,1-3H3,(H,15,16)/b14-9+. The Kier molecular flexibility index (Phi) is 6.21. The van der Waals surface area contributed by atoms with Crippen LogP contribution in [0.5, 0.6) is 11.5 Å².